The van der Waals surface area contributed by atoms with Crippen LogP contribution in [0.5, 0.6) is 0 Å². The van der Waals surface area contributed by atoms with Gasteiger partial charge in [-0.3, -0.25) is 9.69 Å². The molecule has 5 heteroatoms. The Hall–Kier alpha value is -1.13. The van der Waals surface area contributed by atoms with Crippen LogP contribution in [0.1, 0.15) is 19.3 Å². The summed E-state index contributed by atoms with van der Waals surface area (Å²) in [6.45, 7) is 2.20. The molecule has 0 aliphatic carbocycles. The van der Waals surface area contributed by atoms with Crippen molar-refractivity contribution in [2.24, 2.45) is 0 Å². The molecule has 98 valence electrons. The van der Waals surface area contributed by atoms with Crippen LogP contribution in [0, 0.1) is 5.82 Å². The van der Waals surface area contributed by atoms with Crippen molar-refractivity contribution >= 4 is 23.2 Å². The van der Waals surface area contributed by atoms with Gasteiger partial charge >= 0.3 is 0 Å². The molecule has 1 saturated heterocycles. The van der Waals surface area contributed by atoms with Crippen molar-refractivity contribution < 1.29 is 9.18 Å². The Balaban J connectivity index is 1.90. The Morgan fingerprint density at radius 1 is 1.33 bits per heavy atom. The number of hydrogen-bond donors (Lipinski definition) is 1. The Bertz CT molecular complexity index is 433. The van der Waals surface area contributed by atoms with Crippen molar-refractivity contribution in [3.8, 4) is 0 Å². The molecule has 2 rings (SSSR count). The maximum Gasteiger partial charge on any atom is 0.238 e. The molecule has 0 bridgehead atoms. The monoisotopic (exact) mass is 270 g/mol. The number of likely N-dealkylation sites (tertiary alicyclic amines) is 1. The summed E-state index contributed by atoms with van der Waals surface area (Å²) < 4.78 is 13.5. The van der Waals surface area contributed by atoms with Gasteiger partial charge in [0.1, 0.15) is 5.82 Å². The van der Waals surface area contributed by atoms with E-state index in [0.717, 1.165) is 25.9 Å². The van der Waals surface area contributed by atoms with Gasteiger partial charge in [0.2, 0.25) is 5.91 Å². The number of hydrogen-bond acceptors (Lipinski definition) is 2. The van der Waals surface area contributed by atoms with Gasteiger partial charge in [0.05, 0.1) is 12.2 Å². The lowest BCUT2D eigenvalue weighted by Crippen LogP contribution is -2.36. The lowest BCUT2D eigenvalue weighted by molar-refractivity contribution is -0.117. The van der Waals surface area contributed by atoms with Gasteiger partial charge in [0.15, 0.2) is 0 Å². The summed E-state index contributed by atoms with van der Waals surface area (Å²) in [6, 6.07) is 4.23. The molecule has 1 aromatic rings. The molecule has 1 aliphatic rings. The van der Waals surface area contributed by atoms with Gasteiger partial charge in [-0.15, -0.1) is 0 Å². The zero-order valence-corrected chi connectivity index (χ0v) is 10.8. The van der Waals surface area contributed by atoms with E-state index < -0.39 is 5.82 Å². The van der Waals surface area contributed by atoms with E-state index in [1.165, 1.54) is 18.6 Å². The summed E-state index contributed by atoms with van der Waals surface area (Å²) in [5, 5.41) is 2.89. The summed E-state index contributed by atoms with van der Waals surface area (Å²) in [5.41, 5.74) is 0.182. The molecular weight excluding hydrogens is 255 g/mol. The van der Waals surface area contributed by atoms with E-state index in [4.69, 9.17) is 11.6 Å². The average molecular weight is 271 g/mol. The summed E-state index contributed by atoms with van der Waals surface area (Å²) in [6.07, 6.45) is 3.48. The fraction of sp³-hybridized carbons (Fsp3) is 0.462. The summed E-state index contributed by atoms with van der Waals surface area (Å²) in [7, 11) is 0. The number of nitrogens with zero attached hydrogens (tertiary/aromatic N) is 1. The van der Waals surface area contributed by atoms with Crippen LogP contribution in [-0.2, 0) is 4.79 Å². The fourth-order valence-electron chi connectivity index (χ4n) is 2.10. The van der Waals surface area contributed by atoms with Crippen molar-refractivity contribution in [1.29, 1.82) is 0 Å². The van der Waals surface area contributed by atoms with E-state index in [-0.39, 0.29) is 11.6 Å². The summed E-state index contributed by atoms with van der Waals surface area (Å²) in [4.78, 5) is 13.9. The molecular formula is C13H16ClFN2O. The number of rotatable bonds is 3. The quantitative estimate of drug-likeness (QED) is 0.916. The minimum Gasteiger partial charge on any atom is -0.322 e. The molecule has 1 heterocycles. The fourth-order valence-corrected chi connectivity index (χ4v) is 2.26. The van der Waals surface area contributed by atoms with Crippen LogP contribution in [0.25, 0.3) is 0 Å². The second-order valence-corrected chi connectivity index (χ2v) is 4.95. The Morgan fingerprint density at radius 3 is 2.72 bits per heavy atom. The predicted octanol–water partition coefficient (Wildman–Crippen LogP) is 2.90. The predicted molar refractivity (Wildman–Crippen MR) is 70.3 cm³/mol. The van der Waals surface area contributed by atoms with Crippen LogP contribution in [0.2, 0.25) is 5.02 Å². The van der Waals surface area contributed by atoms with E-state index >= 15 is 0 Å². The highest BCUT2D eigenvalue weighted by atomic mass is 35.5. The van der Waals surface area contributed by atoms with Crippen LogP contribution in [0.3, 0.4) is 0 Å². The molecule has 1 amide bonds. The van der Waals surface area contributed by atoms with E-state index in [2.05, 4.69) is 10.2 Å². The van der Waals surface area contributed by atoms with Crippen molar-refractivity contribution in [3.05, 3.63) is 29.0 Å². The Labute approximate surface area is 111 Å². The van der Waals surface area contributed by atoms with Crippen LogP contribution in [0.4, 0.5) is 10.1 Å². The summed E-state index contributed by atoms with van der Waals surface area (Å²) in [5.74, 6) is -0.687. The topological polar surface area (TPSA) is 32.3 Å². The molecule has 0 radical (unpaired) electrons. The molecule has 1 N–H and O–H groups in total. The van der Waals surface area contributed by atoms with Gasteiger partial charge in [-0.05, 0) is 44.1 Å². The summed E-state index contributed by atoms with van der Waals surface area (Å²) >= 11 is 5.65. The Kier molecular flexibility index (Phi) is 4.55. The average Bonchev–Trinajstić information content (AvgIpc) is 2.34. The SMILES string of the molecule is O=C(CN1CCCCC1)Nc1ccc(Cl)cc1F. The van der Waals surface area contributed by atoms with Crippen LogP contribution in [0.15, 0.2) is 18.2 Å². The highest BCUT2D eigenvalue weighted by molar-refractivity contribution is 6.30. The number of piperidine rings is 1. The van der Waals surface area contributed by atoms with Gasteiger partial charge in [0.25, 0.3) is 0 Å². The van der Waals surface area contributed by atoms with Gasteiger partial charge in [-0.1, -0.05) is 18.0 Å². The van der Waals surface area contributed by atoms with Crippen molar-refractivity contribution in [2.45, 2.75) is 19.3 Å². The smallest absolute Gasteiger partial charge is 0.238 e. The number of amides is 1. The number of nitrogens with one attached hydrogen (secondary N) is 1. The van der Waals surface area contributed by atoms with Crippen LogP contribution < -0.4 is 5.32 Å². The van der Waals surface area contributed by atoms with E-state index in [1.54, 1.807) is 6.07 Å². The second-order valence-electron chi connectivity index (χ2n) is 4.51. The molecule has 1 aromatic carbocycles. The zero-order chi connectivity index (χ0) is 13.0. The van der Waals surface area contributed by atoms with Gasteiger partial charge in [-0.25, -0.2) is 4.39 Å². The third kappa shape index (κ3) is 3.68. The normalized spacial score (nSPS) is 16.6. The molecule has 18 heavy (non-hydrogen) atoms. The highest BCUT2D eigenvalue weighted by Crippen LogP contribution is 2.19. The van der Waals surface area contributed by atoms with Crippen molar-refractivity contribution in [2.75, 3.05) is 25.0 Å². The molecule has 0 saturated carbocycles. The lowest BCUT2D eigenvalue weighted by atomic mass is 10.1. The van der Waals surface area contributed by atoms with Gasteiger partial charge in [-0.2, -0.15) is 0 Å². The minimum absolute atomic E-state index is 0.182. The first-order valence-corrected chi connectivity index (χ1v) is 6.50. The molecule has 0 unspecified atom stereocenters. The largest absolute Gasteiger partial charge is 0.322 e. The number of anilines is 1. The van der Waals surface area contributed by atoms with Crippen LogP contribution >= 0.6 is 11.6 Å². The molecule has 1 fully saturated rings. The molecule has 0 aromatic heterocycles. The Morgan fingerprint density at radius 2 is 2.06 bits per heavy atom. The maximum atomic E-state index is 13.5. The zero-order valence-electron chi connectivity index (χ0n) is 10.1. The molecule has 0 atom stereocenters. The molecule has 0 spiro atoms. The number of benzene rings is 1. The first-order chi connectivity index (χ1) is 8.65. The molecule has 3 nitrogen and oxygen atoms in total. The second kappa shape index (κ2) is 6.16. The lowest BCUT2D eigenvalue weighted by Gasteiger charge is -2.25. The van der Waals surface area contributed by atoms with Crippen molar-refractivity contribution in [1.82, 2.24) is 4.90 Å². The standard InChI is InChI=1S/C13H16ClFN2O/c14-10-4-5-12(11(15)8-10)16-13(18)9-17-6-2-1-3-7-17/h4-5,8H,1-3,6-7,9H2,(H,16,18). The van der Waals surface area contributed by atoms with Gasteiger partial charge < -0.3 is 5.32 Å². The highest BCUT2D eigenvalue weighted by Gasteiger charge is 2.14. The van der Waals surface area contributed by atoms with Crippen molar-refractivity contribution in [3.63, 3.8) is 0 Å². The maximum absolute atomic E-state index is 13.5. The number of carbonyl (C=O) groups excluding carboxylic acids is 1. The minimum atomic E-state index is -0.505. The molecule has 1 aliphatic heterocycles. The third-order valence-corrected chi connectivity index (χ3v) is 3.26. The number of halogens is 2. The first-order valence-electron chi connectivity index (χ1n) is 6.12. The van der Waals surface area contributed by atoms with E-state index in [0.29, 0.717) is 11.6 Å². The third-order valence-electron chi connectivity index (χ3n) is 3.02. The first kappa shape index (κ1) is 13.3. The van der Waals surface area contributed by atoms with Crippen LogP contribution in [-0.4, -0.2) is 30.4 Å². The van der Waals surface area contributed by atoms with Gasteiger partial charge in [0, 0.05) is 5.02 Å². The van der Waals surface area contributed by atoms with E-state index in [9.17, 15) is 9.18 Å². The van der Waals surface area contributed by atoms with E-state index in [1.807, 2.05) is 0 Å². The number of carbonyl (C=O) groups is 1.